The molecule has 21 heavy (non-hydrogen) atoms. The van der Waals surface area contributed by atoms with E-state index in [1.165, 1.54) is 11.1 Å². The molecule has 114 valence electrons. The van der Waals surface area contributed by atoms with Gasteiger partial charge in [-0.3, -0.25) is 4.79 Å². The van der Waals surface area contributed by atoms with E-state index in [1.54, 1.807) is 0 Å². The van der Waals surface area contributed by atoms with E-state index in [-0.39, 0.29) is 5.91 Å². The van der Waals surface area contributed by atoms with Crippen molar-refractivity contribution < 1.29 is 4.79 Å². The minimum absolute atomic E-state index is 0.124. The van der Waals surface area contributed by atoms with E-state index in [0.29, 0.717) is 0 Å². The Morgan fingerprint density at radius 2 is 2.05 bits per heavy atom. The van der Waals surface area contributed by atoms with Crippen LogP contribution in [0.25, 0.3) is 0 Å². The molecule has 0 saturated carbocycles. The molecule has 0 aliphatic carbocycles. The number of rotatable bonds is 7. The van der Waals surface area contributed by atoms with Crippen molar-refractivity contribution in [2.45, 2.75) is 39.0 Å². The van der Waals surface area contributed by atoms with Crippen LogP contribution in [0.3, 0.4) is 0 Å². The van der Waals surface area contributed by atoms with Gasteiger partial charge in [-0.05, 0) is 44.2 Å². The van der Waals surface area contributed by atoms with Crippen LogP contribution in [0.4, 0.5) is 0 Å². The molecule has 0 fully saturated rings. The standard InChI is InChI=1S/C18H26N2O/c1-2-12-20-18(21)17-14-19-13-11-16(17)10-6-9-15-7-4-3-5-8-15/h3-5,7-8,19H,2,6,9-14H2,1H3,(H,20,21). The van der Waals surface area contributed by atoms with E-state index < -0.39 is 0 Å². The van der Waals surface area contributed by atoms with E-state index in [0.717, 1.165) is 57.3 Å². The van der Waals surface area contributed by atoms with Crippen molar-refractivity contribution in [3.63, 3.8) is 0 Å². The second-order valence-electron chi connectivity index (χ2n) is 5.60. The minimum Gasteiger partial charge on any atom is -0.352 e. The molecule has 0 aromatic heterocycles. The molecule has 1 heterocycles. The van der Waals surface area contributed by atoms with Crippen LogP contribution in [0.5, 0.6) is 0 Å². The number of benzene rings is 1. The number of carbonyl (C=O) groups is 1. The predicted molar refractivity (Wildman–Crippen MR) is 87.2 cm³/mol. The summed E-state index contributed by atoms with van der Waals surface area (Å²) >= 11 is 0. The first-order valence-corrected chi connectivity index (χ1v) is 8.05. The quantitative estimate of drug-likeness (QED) is 0.809. The maximum atomic E-state index is 12.2. The zero-order valence-electron chi connectivity index (χ0n) is 13.0. The average Bonchev–Trinajstić information content (AvgIpc) is 2.54. The normalized spacial score (nSPS) is 15.1. The number of nitrogens with one attached hydrogen (secondary N) is 2. The molecule has 1 aromatic carbocycles. The minimum atomic E-state index is 0.124. The fourth-order valence-electron chi connectivity index (χ4n) is 2.74. The molecule has 1 aromatic rings. The van der Waals surface area contributed by atoms with Gasteiger partial charge in [0.1, 0.15) is 0 Å². The number of amides is 1. The van der Waals surface area contributed by atoms with E-state index >= 15 is 0 Å². The van der Waals surface area contributed by atoms with Gasteiger partial charge in [0, 0.05) is 18.7 Å². The molecular weight excluding hydrogens is 260 g/mol. The molecule has 3 nitrogen and oxygen atoms in total. The number of hydrogen-bond donors (Lipinski definition) is 2. The van der Waals surface area contributed by atoms with E-state index in [9.17, 15) is 4.79 Å². The SMILES string of the molecule is CCCNC(=O)C1=C(CCCc2ccccc2)CCNC1. The first-order valence-electron chi connectivity index (χ1n) is 8.05. The summed E-state index contributed by atoms with van der Waals surface area (Å²) in [7, 11) is 0. The second kappa shape index (κ2) is 8.63. The molecule has 1 aliphatic heterocycles. The molecular formula is C18H26N2O. The van der Waals surface area contributed by atoms with Crippen LogP contribution < -0.4 is 10.6 Å². The predicted octanol–water partition coefficient (Wildman–Crippen LogP) is 2.83. The van der Waals surface area contributed by atoms with Gasteiger partial charge in [-0.1, -0.05) is 42.8 Å². The van der Waals surface area contributed by atoms with Crippen molar-refractivity contribution in [3.8, 4) is 0 Å². The summed E-state index contributed by atoms with van der Waals surface area (Å²) in [5, 5.41) is 6.31. The van der Waals surface area contributed by atoms with Crippen LogP contribution >= 0.6 is 0 Å². The molecule has 0 radical (unpaired) electrons. The topological polar surface area (TPSA) is 41.1 Å². The van der Waals surface area contributed by atoms with Gasteiger partial charge in [0.15, 0.2) is 0 Å². The van der Waals surface area contributed by atoms with Gasteiger partial charge in [0.2, 0.25) is 5.91 Å². The lowest BCUT2D eigenvalue weighted by molar-refractivity contribution is -0.117. The molecule has 0 saturated heterocycles. The highest BCUT2D eigenvalue weighted by Crippen LogP contribution is 2.19. The molecule has 2 N–H and O–H groups in total. The zero-order chi connectivity index (χ0) is 14.9. The van der Waals surface area contributed by atoms with Crippen molar-refractivity contribution in [2.24, 2.45) is 0 Å². The van der Waals surface area contributed by atoms with Gasteiger partial charge in [-0.2, -0.15) is 0 Å². The Hall–Kier alpha value is -1.61. The van der Waals surface area contributed by atoms with Crippen LogP contribution in [-0.2, 0) is 11.2 Å². The third-order valence-electron chi connectivity index (χ3n) is 3.93. The third kappa shape index (κ3) is 5.01. The van der Waals surface area contributed by atoms with Crippen LogP contribution in [0.2, 0.25) is 0 Å². The number of aryl methyl sites for hydroxylation is 1. The molecule has 1 amide bonds. The summed E-state index contributed by atoms with van der Waals surface area (Å²) in [5.41, 5.74) is 3.70. The highest BCUT2D eigenvalue weighted by atomic mass is 16.1. The summed E-state index contributed by atoms with van der Waals surface area (Å²) in [6, 6.07) is 10.6. The van der Waals surface area contributed by atoms with Crippen LogP contribution in [0.1, 0.15) is 38.2 Å². The average molecular weight is 286 g/mol. The maximum Gasteiger partial charge on any atom is 0.248 e. The van der Waals surface area contributed by atoms with E-state index in [2.05, 4.69) is 47.9 Å². The largest absolute Gasteiger partial charge is 0.352 e. The summed E-state index contributed by atoms with van der Waals surface area (Å²) in [5.74, 6) is 0.124. The van der Waals surface area contributed by atoms with Gasteiger partial charge < -0.3 is 10.6 Å². The molecule has 0 bridgehead atoms. The molecule has 1 aliphatic rings. The Morgan fingerprint density at radius 1 is 1.24 bits per heavy atom. The third-order valence-corrected chi connectivity index (χ3v) is 3.93. The Morgan fingerprint density at radius 3 is 2.81 bits per heavy atom. The highest BCUT2D eigenvalue weighted by Gasteiger charge is 2.17. The second-order valence-corrected chi connectivity index (χ2v) is 5.60. The Balaban J connectivity index is 1.91. The Bertz CT molecular complexity index is 479. The zero-order valence-corrected chi connectivity index (χ0v) is 13.0. The van der Waals surface area contributed by atoms with Crippen molar-refractivity contribution in [2.75, 3.05) is 19.6 Å². The summed E-state index contributed by atoms with van der Waals surface area (Å²) in [4.78, 5) is 12.2. The molecule has 0 atom stereocenters. The Labute approximate surface area is 127 Å². The van der Waals surface area contributed by atoms with Crippen LogP contribution in [0, 0.1) is 0 Å². The molecule has 0 unspecified atom stereocenters. The van der Waals surface area contributed by atoms with Crippen molar-refractivity contribution in [1.82, 2.24) is 10.6 Å². The van der Waals surface area contributed by atoms with Gasteiger partial charge >= 0.3 is 0 Å². The highest BCUT2D eigenvalue weighted by molar-refractivity contribution is 5.94. The first kappa shape index (κ1) is 15.8. The Kier molecular flexibility index (Phi) is 6.48. The van der Waals surface area contributed by atoms with E-state index in [1.807, 2.05) is 0 Å². The smallest absolute Gasteiger partial charge is 0.248 e. The van der Waals surface area contributed by atoms with Gasteiger partial charge in [-0.25, -0.2) is 0 Å². The molecule has 2 rings (SSSR count). The van der Waals surface area contributed by atoms with Gasteiger partial charge in [0.25, 0.3) is 0 Å². The summed E-state index contributed by atoms with van der Waals surface area (Å²) < 4.78 is 0. The van der Waals surface area contributed by atoms with Crippen LogP contribution in [-0.4, -0.2) is 25.5 Å². The molecule has 0 spiro atoms. The number of hydrogen-bond acceptors (Lipinski definition) is 2. The fraction of sp³-hybridized carbons (Fsp3) is 0.500. The maximum absolute atomic E-state index is 12.2. The lowest BCUT2D eigenvalue weighted by Crippen LogP contribution is -2.35. The van der Waals surface area contributed by atoms with Crippen molar-refractivity contribution in [3.05, 3.63) is 47.0 Å². The monoisotopic (exact) mass is 286 g/mol. The van der Waals surface area contributed by atoms with Gasteiger partial charge in [0.05, 0.1) is 0 Å². The lowest BCUT2D eigenvalue weighted by Gasteiger charge is -2.21. The summed E-state index contributed by atoms with van der Waals surface area (Å²) in [6.07, 6.45) is 5.22. The van der Waals surface area contributed by atoms with Crippen molar-refractivity contribution >= 4 is 5.91 Å². The number of carbonyl (C=O) groups excluding carboxylic acids is 1. The van der Waals surface area contributed by atoms with Crippen LogP contribution in [0.15, 0.2) is 41.5 Å². The summed E-state index contributed by atoms with van der Waals surface area (Å²) in [6.45, 7) is 4.55. The van der Waals surface area contributed by atoms with Crippen molar-refractivity contribution in [1.29, 1.82) is 0 Å². The first-order chi connectivity index (χ1) is 10.3. The lowest BCUT2D eigenvalue weighted by atomic mass is 9.94. The van der Waals surface area contributed by atoms with E-state index in [4.69, 9.17) is 0 Å². The molecule has 3 heteroatoms. The fourth-order valence-corrected chi connectivity index (χ4v) is 2.74. The van der Waals surface area contributed by atoms with Gasteiger partial charge in [-0.15, -0.1) is 0 Å².